The number of esters is 1. The Bertz CT molecular complexity index is 476. The van der Waals surface area contributed by atoms with Crippen LogP contribution in [0, 0.1) is 0 Å². The number of aliphatic hydroxyl groups excluding tert-OH is 1. The van der Waals surface area contributed by atoms with E-state index in [1.165, 1.54) is 13.3 Å². The summed E-state index contributed by atoms with van der Waals surface area (Å²) in [5, 5.41) is 9.87. The van der Waals surface area contributed by atoms with Crippen molar-refractivity contribution in [2.75, 3.05) is 34.3 Å². The number of aromatic nitrogens is 1. The molecule has 1 fully saturated rings. The Morgan fingerprint density at radius 2 is 2.29 bits per heavy atom. The second-order valence-corrected chi connectivity index (χ2v) is 5.76. The van der Waals surface area contributed by atoms with Gasteiger partial charge < -0.3 is 14.7 Å². The molecule has 2 heterocycles. The van der Waals surface area contributed by atoms with Crippen molar-refractivity contribution in [2.45, 2.75) is 25.1 Å². The minimum Gasteiger partial charge on any atom is -0.465 e. The van der Waals surface area contributed by atoms with Crippen LogP contribution in [-0.2, 0) is 11.3 Å². The molecular formula is C15H23N3O3. The zero-order valence-electron chi connectivity index (χ0n) is 12.8. The van der Waals surface area contributed by atoms with E-state index >= 15 is 0 Å². The summed E-state index contributed by atoms with van der Waals surface area (Å²) in [5.41, 5.74) is 1.34. The first-order valence-electron chi connectivity index (χ1n) is 7.09. The van der Waals surface area contributed by atoms with Gasteiger partial charge in [-0.05, 0) is 32.6 Å². The number of carbonyl (C=O) groups is 1. The van der Waals surface area contributed by atoms with Crippen LogP contribution in [0.2, 0.25) is 0 Å². The van der Waals surface area contributed by atoms with Gasteiger partial charge in [-0.15, -0.1) is 0 Å². The molecule has 0 aliphatic carbocycles. The van der Waals surface area contributed by atoms with Crippen molar-refractivity contribution in [2.24, 2.45) is 0 Å². The van der Waals surface area contributed by atoms with E-state index in [0.29, 0.717) is 24.7 Å². The maximum atomic E-state index is 11.4. The van der Waals surface area contributed by atoms with Crippen LogP contribution in [0.15, 0.2) is 18.3 Å². The molecule has 1 saturated heterocycles. The standard InChI is InChI=1S/C15H23N3O3/c1-17(2)9-13-6-14(19)10-18(13)8-12-5-4-11(7-16-12)15(20)21-3/h4-5,7,13-14,19H,6,8-10H2,1-3H3. The van der Waals surface area contributed by atoms with Crippen molar-refractivity contribution in [1.82, 2.24) is 14.8 Å². The topological polar surface area (TPSA) is 65.9 Å². The van der Waals surface area contributed by atoms with Gasteiger partial charge in [0.2, 0.25) is 0 Å². The highest BCUT2D eigenvalue weighted by atomic mass is 16.5. The van der Waals surface area contributed by atoms with E-state index in [1.54, 1.807) is 6.07 Å². The number of rotatable bonds is 5. The first-order valence-corrected chi connectivity index (χ1v) is 7.09. The number of hydrogen-bond donors (Lipinski definition) is 1. The van der Waals surface area contributed by atoms with Crippen molar-refractivity contribution in [1.29, 1.82) is 0 Å². The van der Waals surface area contributed by atoms with Gasteiger partial charge in [0.25, 0.3) is 0 Å². The molecule has 2 unspecified atom stereocenters. The molecular weight excluding hydrogens is 270 g/mol. The number of likely N-dealkylation sites (N-methyl/N-ethyl adjacent to an activating group) is 1. The number of aliphatic hydroxyl groups is 1. The lowest BCUT2D eigenvalue weighted by molar-refractivity contribution is 0.0600. The van der Waals surface area contributed by atoms with Gasteiger partial charge in [-0.3, -0.25) is 9.88 Å². The third-order valence-corrected chi connectivity index (χ3v) is 3.69. The van der Waals surface area contributed by atoms with E-state index in [2.05, 4.69) is 19.5 Å². The summed E-state index contributed by atoms with van der Waals surface area (Å²) in [6.07, 6.45) is 2.05. The van der Waals surface area contributed by atoms with Crippen LogP contribution in [0.25, 0.3) is 0 Å². The average molecular weight is 293 g/mol. The molecule has 1 aromatic rings. The number of hydrogen-bond acceptors (Lipinski definition) is 6. The van der Waals surface area contributed by atoms with E-state index in [0.717, 1.165) is 18.7 Å². The fraction of sp³-hybridized carbons (Fsp3) is 0.600. The van der Waals surface area contributed by atoms with Gasteiger partial charge in [-0.25, -0.2) is 4.79 Å². The molecule has 21 heavy (non-hydrogen) atoms. The summed E-state index contributed by atoms with van der Waals surface area (Å²) in [4.78, 5) is 20.1. The van der Waals surface area contributed by atoms with Crippen molar-refractivity contribution >= 4 is 5.97 Å². The van der Waals surface area contributed by atoms with Gasteiger partial charge in [0.05, 0.1) is 24.5 Å². The molecule has 0 aromatic carbocycles. The first kappa shape index (κ1) is 15.9. The van der Waals surface area contributed by atoms with Gasteiger partial charge in [0.1, 0.15) is 0 Å². The van der Waals surface area contributed by atoms with Crippen LogP contribution in [0.5, 0.6) is 0 Å². The average Bonchev–Trinajstić information content (AvgIpc) is 2.77. The van der Waals surface area contributed by atoms with Gasteiger partial charge in [0, 0.05) is 31.9 Å². The van der Waals surface area contributed by atoms with Crippen molar-refractivity contribution in [3.63, 3.8) is 0 Å². The van der Waals surface area contributed by atoms with E-state index in [4.69, 9.17) is 0 Å². The molecule has 0 bridgehead atoms. The van der Waals surface area contributed by atoms with Crippen molar-refractivity contribution in [3.8, 4) is 0 Å². The van der Waals surface area contributed by atoms with Gasteiger partial charge in [-0.2, -0.15) is 0 Å². The molecule has 2 rings (SSSR count). The summed E-state index contributed by atoms with van der Waals surface area (Å²) in [5.74, 6) is -0.379. The molecule has 0 radical (unpaired) electrons. The van der Waals surface area contributed by atoms with Gasteiger partial charge in [-0.1, -0.05) is 0 Å². The molecule has 0 amide bonds. The predicted molar refractivity (Wildman–Crippen MR) is 79.0 cm³/mol. The van der Waals surface area contributed by atoms with Crippen molar-refractivity contribution < 1.29 is 14.6 Å². The Hall–Kier alpha value is -1.50. The Morgan fingerprint density at radius 3 is 2.86 bits per heavy atom. The normalized spacial score (nSPS) is 22.7. The number of nitrogens with zero attached hydrogens (tertiary/aromatic N) is 3. The van der Waals surface area contributed by atoms with E-state index in [1.807, 2.05) is 20.2 Å². The summed E-state index contributed by atoms with van der Waals surface area (Å²) >= 11 is 0. The van der Waals surface area contributed by atoms with Crippen LogP contribution in [0.3, 0.4) is 0 Å². The third-order valence-electron chi connectivity index (χ3n) is 3.69. The molecule has 2 atom stereocenters. The largest absolute Gasteiger partial charge is 0.465 e. The molecule has 6 heteroatoms. The third kappa shape index (κ3) is 4.23. The van der Waals surface area contributed by atoms with Crippen LogP contribution in [0.4, 0.5) is 0 Å². The van der Waals surface area contributed by atoms with Crippen LogP contribution in [0.1, 0.15) is 22.5 Å². The first-order chi connectivity index (χ1) is 9.99. The predicted octanol–water partition coefficient (Wildman–Crippen LogP) is 0.365. The lowest BCUT2D eigenvalue weighted by Crippen LogP contribution is -2.37. The van der Waals surface area contributed by atoms with Crippen molar-refractivity contribution in [3.05, 3.63) is 29.6 Å². The van der Waals surface area contributed by atoms with E-state index in [9.17, 15) is 9.90 Å². The quantitative estimate of drug-likeness (QED) is 0.791. The Morgan fingerprint density at radius 1 is 1.52 bits per heavy atom. The van der Waals surface area contributed by atoms with Crippen LogP contribution >= 0.6 is 0 Å². The monoisotopic (exact) mass is 293 g/mol. The zero-order valence-corrected chi connectivity index (χ0v) is 12.8. The minimum atomic E-state index is -0.379. The maximum Gasteiger partial charge on any atom is 0.339 e. The maximum absolute atomic E-state index is 11.4. The number of pyridine rings is 1. The summed E-state index contributed by atoms with van der Waals surface area (Å²) in [6, 6.07) is 3.89. The van der Waals surface area contributed by atoms with Gasteiger partial charge in [0.15, 0.2) is 0 Å². The Labute approximate surface area is 125 Å². The number of methoxy groups -OCH3 is 1. The Kier molecular flexibility index (Phi) is 5.27. The number of carbonyl (C=O) groups excluding carboxylic acids is 1. The highest BCUT2D eigenvalue weighted by Crippen LogP contribution is 2.20. The zero-order chi connectivity index (χ0) is 15.4. The summed E-state index contributed by atoms with van der Waals surface area (Å²) < 4.78 is 4.66. The highest BCUT2D eigenvalue weighted by Gasteiger charge is 2.31. The highest BCUT2D eigenvalue weighted by molar-refractivity contribution is 5.88. The molecule has 6 nitrogen and oxygen atoms in total. The fourth-order valence-electron chi connectivity index (χ4n) is 2.73. The van der Waals surface area contributed by atoms with E-state index in [-0.39, 0.29) is 12.1 Å². The summed E-state index contributed by atoms with van der Waals surface area (Å²) in [6.45, 7) is 2.26. The lowest BCUT2D eigenvalue weighted by Gasteiger charge is -2.26. The molecule has 0 saturated carbocycles. The fourth-order valence-corrected chi connectivity index (χ4v) is 2.73. The smallest absolute Gasteiger partial charge is 0.339 e. The Balaban J connectivity index is 2.01. The molecule has 1 aliphatic rings. The van der Waals surface area contributed by atoms with E-state index < -0.39 is 0 Å². The molecule has 1 aromatic heterocycles. The molecule has 1 N–H and O–H groups in total. The van der Waals surface area contributed by atoms with Crippen LogP contribution in [-0.4, -0.2) is 72.3 Å². The van der Waals surface area contributed by atoms with Gasteiger partial charge >= 0.3 is 5.97 Å². The summed E-state index contributed by atoms with van der Waals surface area (Å²) in [7, 11) is 5.42. The number of β-amino-alcohol motifs (C(OH)–C–C–N with tert-alkyl or cyclic N) is 1. The SMILES string of the molecule is COC(=O)c1ccc(CN2CC(O)CC2CN(C)C)nc1. The second kappa shape index (κ2) is 6.98. The number of likely N-dealkylation sites (tertiary alicyclic amines) is 1. The molecule has 0 spiro atoms. The minimum absolute atomic E-state index is 0.274. The lowest BCUT2D eigenvalue weighted by atomic mass is 10.2. The molecule has 116 valence electrons. The molecule has 1 aliphatic heterocycles. The number of ether oxygens (including phenoxy) is 1. The second-order valence-electron chi connectivity index (χ2n) is 5.76. The van der Waals surface area contributed by atoms with Crippen LogP contribution < -0.4 is 0 Å².